The van der Waals surface area contributed by atoms with E-state index >= 15 is 0 Å². The summed E-state index contributed by atoms with van der Waals surface area (Å²) in [5.74, 6) is -0.330. The number of nitrogens with zero attached hydrogens (tertiary/aromatic N) is 3. The molecule has 1 amide bonds. The lowest BCUT2D eigenvalue weighted by molar-refractivity contribution is -0.123. The largest absolute Gasteiger partial charge is 0.467 e. The Balaban J connectivity index is 1.95. The first-order valence-electron chi connectivity index (χ1n) is 7.09. The first-order valence-corrected chi connectivity index (χ1v) is 7.46. The Kier molecular flexibility index (Phi) is 5.88. The number of rotatable bonds is 5. The highest BCUT2D eigenvalue weighted by atomic mass is 35.5. The van der Waals surface area contributed by atoms with Crippen molar-refractivity contribution in [2.45, 2.75) is 13.8 Å². The molecule has 1 aromatic heterocycles. The summed E-state index contributed by atoms with van der Waals surface area (Å²) in [7, 11) is 0. The highest BCUT2D eigenvalue weighted by Crippen LogP contribution is 2.19. The van der Waals surface area contributed by atoms with Gasteiger partial charge in [-0.2, -0.15) is 10.4 Å². The van der Waals surface area contributed by atoms with Gasteiger partial charge in [-0.05, 0) is 31.5 Å². The molecule has 1 N–H and O–H groups in total. The molecular formula is C17H15ClN4O2. The smallest absolute Gasteiger partial charge is 0.278 e. The monoisotopic (exact) mass is 342 g/mol. The van der Waals surface area contributed by atoms with Gasteiger partial charge in [0.1, 0.15) is 11.6 Å². The van der Waals surface area contributed by atoms with Crippen molar-refractivity contribution < 1.29 is 9.53 Å². The van der Waals surface area contributed by atoms with E-state index in [9.17, 15) is 4.79 Å². The van der Waals surface area contributed by atoms with E-state index in [1.807, 2.05) is 12.1 Å². The van der Waals surface area contributed by atoms with E-state index in [-0.39, 0.29) is 12.5 Å². The lowest BCUT2D eigenvalue weighted by Gasteiger charge is -2.08. The van der Waals surface area contributed by atoms with Crippen LogP contribution in [0.2, 0.25) is 5.02 Å². The second kappa shape index (κ2) is 8.09. The Morgan fingerprint density at radius 3 is 2.92 bits per heavy atom. The van der Waals surface area contributed by atoms with E-state index in [0.29, 0.717) is 21.8 Å². The molecule has 0 fully saturated rings. The molecule has 0 aliphatic rings. The van der Waals surface area contributed by atoms with Crippen molar-refractivity contribution in [1.82, 2.24) is 10.4 Å². The lowest BCUT2D eigenvalue weighted by atomic mass is 10.1. The lowest BCUT2D eigenvalue weighted by Crippen LogP contribution is -2.25. The fourth-order valence-electron chi connectivity index (χ4n) is 1.96. The Hall–Kier alpha value is -2.91. The zero-order valence-corrected chi connectivity index (χ0v) is 14.0. The average molecular weight is 343 g/mol. The van der Waals surface area contributed by atoms with Crippen LogP contribution in [0.25, 0.3) is 0 Å². The summed E-state index contributed by atoms with van der Waals surface area (Å²) in [5, 5.41) is 13.5. The maximum absolute atomic E-state index is 11.8. The molecule has 0 atom stereocenters. The number of aromatic nitrogens is 1. The van der Waals surface area contributed by atoms with Crippen molar-refractivity contribution in [2.24, 2.45) is 5.10 Å². The molecule has 0 saturated carbocycles. The summed E-state index contributed by atoms with van der Waals surface area (Å²) in [6.07, 6.45) is 1.44. The predicted molar refractivity (Wildman–Crippen MR) is 91.1 cm³/mol. The molecule has 0 spiro atoms. The van der Waals surface area contributed by atoms with Crippen LogP contribution in [0, 0.1) is 25.2 Å². The van der Waals surface area contributed by atoms with E-state index in [2.05, 4.69) is 15.5 Å². The van der Waals surface area contributed by atoms with E-state index in [1.165, 1.54) is 6.21 Å². The van der Waals surface area contributed by atoms with Crippen LogP contribution in [0.15, 0.2) is 35.4 Å². The van der Waals surface area contributed by atoms with E-state index < -0.39 is 5.91 Å². The van der Waals surface area contributed by atoms with Gasteiger partial charge in [0.15, 0.2) is 6.61 Å². The Labute approximate surface area is 144 Å². The number of hydrazone groups is 1. The van der Waals surface area contributed by atoms with Crippen LogP contribution in [-0.2, 0) is 4.79 Å². The number of hydrogen-bond acceptors (Lipinski definition) is 5. The van der Waals surface area contributed by atoms with Gasteiger partial charge in [-0.1, -0.05) is 29.8 Å². The molecule has 1 heterocycles. The van der Waals surface area contributed by atoms with Crippen LogP contribution in [0.1, 0.15) is 22.4 Å². The number of amides is 1. The van der Waals surface area contributed by atoms with Crippen molar-refractivity contribution in [3.63, 3.8) is 0 Å². The Morgan fingerprint density at radius 1 is 1.46 bits per heavy atom. The summed E-state index contributed by atoms with van der Waals surface area (Å²) in [4.78, 5) is 15.9. The zero-order valence-electron chi connectivity index (χ0n) is 13.2. The fourth-order valence-corrected chi connectivity index (χ4v) is 2.15. The number of pyridine rings is 1. The highest BCUT2D eigenvalue weighted by Gasteiger charge is 2.11. The third-order valence-electron chi connectivity index (χ3n) is 3.06. The maximum Gasteiger partial charge on any atom is 0.278 e. The third kappa shape index (κ3) is 4.54. The van der Waals surface area contributed by atoms with Crippen molar-refractivity contribution in [3.8, 4) is 11.9 Å². The Morgan fingerprint density at radius 2 is 2.21 bits per heavy atom. The number of halogens is 1. The normalized spacial score (nSPS) is 10.4. The molecule has 0 aliphatic heterocycles. The SMILES string of the molecule is Cc1cc(C)c(C#N)c(OCC(=O)N/N=C\c2ccccc2Cl)n1. The minimum atomic E-state index is -0.469. The van der Waals surface area contributed by atoms with E-state index in [0.717, 1.165) is 5.56 Å². The molecule has 6 nitrogen and oxygen atoms in total. The molecule has 2 aromatic rings. The van der Waals surface area contributed by atoms with Crippen molar-refractivity contribution in [2.75, 3.05) is 6.61 Å². The minimum absolute atomic E-state index is 0.139. The quantitative estimate of drug-likeness (QED) is 0.668. The first-order chi connectivity index (χ1) is 11.5. The van der Waals surface area contributed by atoms with Crippen molar-refractivity contribution >= 4 is 23.7 Å². The van der Waals surface area contributed by atoms with Crippen molar-refractivity contribution in [1.29, 1.82) is 5.26 Å². The second-order valence-corrected chi connectivity index (χ2v) is 5.38. The number of nitrogens with one attached hydrogen (secondary N) is 1. The molecule has 0 saturated heterocycles. The van der Waals surface area contributed by atoms with Crippen LogP contribution in [0.3, 0.4) is 0 Å². The second-order valence-electron chi connectivity index (χ2n) is 4.98. The van der Waals surface area contributed by atoms with Gasteiger partial charge < -0.3 is 4.74 Å². The first kappa shape index (κ1) is 17.4. The fraction of sp³-hybridized carbons (Fsp3) is 0.176. The molecule has 2 rings (SSSR count). The maximum atomic E-state index is 11.8. The van der Waals surface area contributed by atoms with Crippen molar-refractivity contribution in [3.05, 3.63) is 57.7 Å². The summed E-state index contributed by atoms with van der Waals surface area (Å²) >= 11 is 5.98. The molecule has 1 aromatic carbocycles. The number of nitriles is 1. The standard InChI is InChI=1S/C17H15ClN4O2/c1-11-7-12(2)21-17(14(11)8-19)24-10-16(23)22-20-9-13-5-3-4-6-15(13)18/h3-7,9H,10H2,1-2H3,(H,22,23)/b20-9-. The summed E-state index contributed by atoms with van der Waals surface area (Å²) in [5.41, 5.74) is 4.78. The number of aryl methyl sites for hydroxylation is 2. The topological polar surface area (TPSA) is 87.4 Å². The number of ether oxygens (including phenoxy) is 1. The van der Waals surface area contributed by atoms with Crippen LogP contribution in [-0.4, -0.2) is 23.7 Å². The molecule has 0 bridgehead atoms. The van der Waals surface area contributed by atoms with Gasteiger partial charge in [0.2, 0.25) is 5.88 Å². The van der Waals surface area contributed by atoms with Gasteiger partial charge in [0.25, 0.3) is 5.91 Å². The number of carbonyl (C=O) groups is 1. The summed E-state index contributed by atoms with van der Waals surface area (Å²) in [6.45, 7) is 3.27. The number of benzene rings is 1. The van der Waals surface area contributed by atoms with Crippen LogP contribution in [0.4, 0.5) is 0 Å². The predicted octanol–water partition coefficient (Wildman–Crippen LogP) is 2.75. The number of carbonyl (C=O) groups excluding carboxylic acids is 1. The highest BCUT2D eigenvalue weighted by molar-refractivity contribution is 6.33. The van der Waals surface area contributed by atoms with Gasteiger partial charge in [-0.25, -0.2) is 10.4 Å². The molecule has 24 heavy (non-hydrogen) atoms. The minimum Gasteiger partial charge on any atom is -0.467 e. The number of hydrogen-bond donors (Lipinski definition) is 1. The van der Waals surface area contributed by atoms with Crippen LogP contribution >= 0.6 is 11.6 Å². The average Bonchev–Trinajstić information content (AvgIpc) is 2.54. The third-order valence-corrected chi connectivity index (χ3v) is 3.41. The van der Waals surface area contributed by atoms with Crippen LogP contribution < -0.4 is 10.2 Å². The van der Waals surface area contributed by atoms with Gasteiger partial charge >= 0.3 is 0 Å². The van der Waals surface area contributed by atoms with Gasteiger partial charge in [0.05, 0.1) is 6.21 Å². The summed E-state index contributed by atoms with van der Waals surface area (Å²) < 4.78 is 5.33. The molecular weight excluding hydrogens is 328 g/mol. The molecule has 0 unspecified atom stereocenters. The van der Waals surface area contributed by atoms with Gasteiger partial charge in [0, 0.05) is 16.3 Å². The van der Waals surface area contributed by atoms with E-state index in [4.69, 9.17) is 21.6 Å². The molecule has 7 heteroatoms. The molecule has 0 aliphatic carbocycles. The van der Waals surface area contributed by atoms with Gasteiger partial charge in [-0.3, -0.25) is 4.79 Å². The Bertz CT molecular complexity index is 828. The zero-order chi connectivity index (χ0) is 17.5. The van der Waals surface area contributed by atoms with E-state index in [1.54, 1.807) is 38.1 Å². The summed E-state index contributed by atoms with van der Waals surface area (Å²) in [6, 6.07) is 10.9. The van der Waals surface area contributed by atoms with Gasteiger partial charge in [-0.15, -0.1) is 0 Å². The molecule has 0 radical (unpaired) electrons. The van der Waals surface area contributed by atoms with Crippen LogP contribution in [0.5, 0.6) is 5.88 Å². The molecule has 122 valence electrons.